The maximum Gasteiger partial charge on any atom is 0.135 e. The molecule has 144 valence electrons. The molecule has 2 aromatic heterocycles. The molecule has 2 heterocycles. The van der Waals surface area contributed by atoms with Gasteiger partial charge in [-0.2, -0.15) is 0 Å². The highest BCUT2D eigenvalue weighted by atomic mass is 16.3. The van der Waals surface area contributed by atoms with Crippen molar-refractivity contribution in [1.29, 1.82) is 0 Å². The van der Waals surface area contributed by atoms with Crippen LogP contribution in [-0.2, 0) is 6.42 Å². The van der Waals surface area contributed by atoms with Gasteiger partial charge in [0.1, 0.15) is 11.2 Å². The van der Waals surface area contributed by atoms with Gasteiger partial charge >= 0.3 is 0 Å². The van der Waals surface area contributed by atoms with E-state index in [1.54, 1.807) is 0 Å². The number of benzene rings is 2. The summed E-state index contributed by atoms with van der Waals surface area (Å²) in [5.41, 5.74) is 8.26. The van der Waals surface area contributed by atoms with Gasteiger partial charge in [0.15, 0.2) is 0 Å². The van der Waals surface area contributed by atoms with Crippen LogP contribution in [0.2, 0.25) is 0 Å². The van der Waals surface area contributed by atoms with Gasteiger partial charge in [-0.05, 0) is 77.8 Å². The second-order valence-corrected chi connectivity index (χ2v) is 9.46. The molecule has 0 unspecified atom stereocenters. The summed E-state index contributed by atoms with van der Waals surface area (Å²) in [5.74, 6) is 0.497. The number of pyridine rings is 1. The molecule has 0 radical (unpaired) electrons. The second kappa shape index (κ2) is 6.77. The lowest BCUT2D eigenvalue weighted by Gasteiger charge is -2.20. The Morgan fingerprint density at radius 1 is 0.929 bits per heavy atom. The van der Waals surface area contributed by atoms with Crippen LogP contribution in [0.3, 0.4) is 0 Å². The topological polar surface area (TPSA) is 26.0 Å². The van der Waals surface area contributed by atoms with E-state index in [0.29, 0.717) is 5.92 Å². The number of furan rings is 1. The van der Waals surface area contributed by atoms with E-state index < -0.39 is 0 Å². The van der Waals surface area contributed by atoms with Crippen molar-refractivity contribution >= 4 is 21.9 Å². The molecule has 0 amide bonds. The lowest BCUT2D eigenvalue weighted by atomic mass is 9.86. The summed E-state index contributed by atoms with van der Waals surface area (Å²) in [5, 5.41) is 2.35. The number of nitrogens with zero attached hydrogens (tertiary/aromatic N) is 1. The van der Waals surface area contributed by atoms with Crippen molar-refractivity contribution in [2.24, 2.45) is 5.41 Å². The fraction of sp³-hybridized carbons (Fsp3) is 0.346. The molecular weight excluding hydrogens is 342 g/mol. The first-order chi connectivity index (χ1) is 13.2. The lowest BCUT2D eigenvalue weighted by molar-refractivity contribution is 0.410. The third-order valence-electron chi connectivity index (χ3n) is 5.39. The minimum atomic E-state index is 0.251. The van der Waals surface area contributed by atoms with Gasteiger partial charge in [0.2, 0.25) is 0 Å². The molecule has 0 saturated carbocycles. The first kappa shape index (κ1) is 18.7. The Bertz CT molecular complexity index is 1160. The number of rotatable bonds is 3. The van der Waals surface area contributed by atoms with Gasteiger partial charge in [0.25, 0.3) is 0 Å². The molecule has 0 aliphatic rings. The minimum absolute atomic E-state index is 0.251. The molecule has 4 aromatic rings. The second-order valence-electron chi connectivity index (χ2n) is 9.46. The molecule has 2 heteroatoms. The van der Waals surface area contributed by atoms with Crippen molar-refractivity contribution in [3.05, 3.63) is 65.4 Å². The van der Waals surface area contributed by atoms with E-state index in [2.05, 4.69) is 84.0 Å². The summed E-state index contributed by atoms with van der Waals surface area (Å²) in [6.45, 7) is 13.4. The smallest absolute Gasteiger partial charge is 0.135 e. The van der Waals surface area contributed by atoms with Crippen molar-refractivity contribution in [3.8, 4) is 11.3 Å². The van der Waals surface area contributed by atoms with Crippen LogP contribution in [-0.4, -0.2) is 4.98 Å². The fourth-order valence-electron chi connectivity index (χ4n) is 3.80. The highest BCUT2D eigenvalue weighted by molar-refractivity contribution is 6.06. The molecule has 0 bridgehead atoms. The lowest BCUT2D eigenvalue weighted by Crippen LogP contribution is -2.10. The first-order valence-electron chi connectivity index (χ1n) is 10.1. The summed E-state index contributed by atoms with van der Waals surface area (Å²) < 4.78 is 6.07. The van der Waals surface area contributed by atoms with Crippen LogP contribution < -0.4 is 0 Å². The summed E-state index contributed by atoms with van der Waals surface area (Å²) in [4.78, 5) is 4.73. The molecule has 28 heavy (non-hydrogen) atoms. The summed E-state index contributed by atoms with van der Waals surface area (Å²) in [6.07, 6.45) is 3.05. The number of fused-ring (bicyclic) bond motifs is 3. The zero-order valence-corrected chi connectivity index (χ0v) is 17.8. The zero-order valence-electron chi connectivity index (χ0n) is 17.8. The van der Waals surface area contributed by atoms with E-state index in [4.69, 9.17) is 9.40 Å². The SMILES string of the molecule is Cc1cnc(-c2ccc3oc4ccc(C(C)C)cc4c3c2)cc1CC(C)(C)C. The largest absolute Gasteiger partial charge is 0.456 e. The molecule has 0 spiro atoms. The standard InChI is InChI=1S/C26H29NO/c1-16(2)18-7-9-24-21(11-18)22-12-19(8-10-25(22)28-24)23-13-20(14-26(4,5)6)17(3)15-27-23/h7-13,15-16H,14H2,1-6H3. The third kappa shape index (κ3) is 3.56. The quantitative estimate of drug-likeness (QED) is 0.369. The first-order valence-corrected chi connectivity index (χ1v) is 10.1. The fourth-order valence-corrected chi connectivity index (χ4v) is 3.80. The molecule has 0 saturated heterocycles. The maximum absolute atomic E-state index is 6.07. The Balaban J connectivity index is 1.84. The summed E-state index contributed by atoms with van der Waals surface area (Å²) in [6, 6.07) is 15.2. The van der Waals surface area contributed by atoms with Gasteiger partial charge in [-0.15, -0.1) is 0 Å². The van der Waals surface area contributed by atoms with E-state index in [1.807, 2.05) is 6.20 Å². The van der Waals surface area contributed by atoms with Crippen LogP contribution in [0, 0.1) is 12.3 Å². The average molecular weight is 372 g/mol. The van der Waals surface area contributed by atoms with E-state index >= 15 is 0 Å². The highest BCUT2D eigenvalue weighted by Crippen LogP contribution is 2.34. The number of hydrogen-bond acceptors (Lipinski definition) is 2. The van der Waals surface area contributed by atoms with Crippen molar-refractivity contribution < 1.29 is 4.42 Å². The predicted octanol–water partition coefficient (Wildman–Crippen LogP) is 7.67. The van der Waals surface area contributed by atoms with Gasteiger partial charge in [-0.3, -0.25) is 4.98 Å². The van der Waals surface area contributed by atoms with Crippen LogP contribution in [0.4, 0.5) is 0 Å². The number of hydrogen-bond donors (Lipinski definition) is 0. The number of aryl methyl sites for hydroxylation is 1. The van der Waals surface area contributed by atoms with Crippen LogP contribution in [0.1, 0.15) is 57.2 Å². The zero-order chi connectivity index (χ0) is 20.1. The molecule has 2 aromatic carbocycles. The molecule has 0 fully saturated rings. The van der Waals surface area contributed by atoms with E-state index in [1.165, 1.54) is 22.1 Å². The maximum atomic E-state index is 6.07. The molecule has 0 aliphatic carbocycles. The Morgan fingerprint density at radius 2 is 1.61 bits per heavy atom. The summed E-state index contributed by atoms with van der Waals surface area (Å²) in [7, 11) is 0. The Hall–Kier alpha value is -2.61. The Morgan fingerprint density at radius 3 is 2.29 bits per heavy atom. The molecule has 0 atom stereocenters. The van der Waals surface area contributed by atoms with E-state index in [-0.39, 0.29) is 5.41 Å². The number of aromatic nitrogens is 1. The van der Waals surface area contributed by atoms with Gasteiger partial charge in [-0.25, -0.2) is 0 Å². The normalized spacial score (nSPS) is 12.4. The minimum Gasteiger partial charge on any atom is -0.456 e. The van der Waals surface area contributed by atoms with Gasteiger partial charge in [0.05, 0.1) is 5.69 Å². The Kier molecular flexibility index (Phi) is 4.53. The van der Waals surface area contributed by atoms with Crippen LogP contribution in [0.25, 0.3) is 33.2 Å². The van der Waals surface area contributed by atoms with Crippen molar-refractivity contribution in [1.82, 2.24) is 4.98 Å². The molecule has 0 N–H and O–H groups in total. The molecular formula is C26H29NO. The average Bonchev–Trinajstić information content (AvgIpc) is 2.99. The molecule has 4 rings (SSSR count). The third-order valence-corrected chi connectivity index (χ3v) is 5.39. The van der Waals surface area contributed by atoms with Crippen molar-refractivity contribution in [2.75, 3.05) is 0 Å². The van der Waals surface area contributed by atoms with Gasteiger partial charge in [0, 0.05) is 22.5 Å². The van der Waals surface area contributed by atoms with Crippen LogP contribution in [0.15, 0.2) is 53.1 Å². The predicted molar refractivity (Wildman–Crippen MR) is 119 cm³/mol. The van der Waals surface area contributed by atoms with Gasteiger partial charge in [-0.1, -0.05) is 40.7 Å². The van der Waals surface area contributed by atoms with Crippen LogP contribution >= 0.6 is 0 Å². The molecule has 0 aliphatic heterocycles. The highest BCUT2D eigenvalue weighted by Gasteiger charge is 2.15. The van der Waals surface area contributed by atoms with Gasteiger partial charge < -0.3 is 4.42 Å². The molecule has 2 nitrogen and oxygen atoms in total. The monoisotopic (exact) mass is 371 g/mol. The van der Waals surface area contributed by atoms with Crippen LogP contribution in [0.5, 0.6) is 0 Å². The van der Waals surface area contributed by atoms with E-state index in [9.17, 15) is 0 Å². The summed E-state index contributed by atoms with van der Waals surface area (Å²) >= 11 is 0. The van der Waals surface area contributed by atoms with Crippen molar-refractivity contribution in [2.45, 2.75) is 53.9 Å². The van der Waals surface area contributed by atoms with Crippen molar-refractivity contribution in [3.63, 3.8) is 0 Å². The van der Waals surface area contributed by atoms with E-state index in [0.717, 1.165) is 34.2 Å². The Labute approximate surface area is 167 Å².